The highest BCUT2D eigenvalue weighted by atomic mass is 16.6. The predicted octanol–water partition coefficient (Wildman–Crippen LogP) is 5.75. The lowest BCUT2D eigenvalue weighted by atomic mass is 10.0. The molecule has 0 radical (unpaired) electrons. The summed E-state index contributed by atoms with van der Waals surface area (Å²) >= 11 is 0. The molecular formula is C27H26N2O5. The molecule has 0 aliphatic carbocycles. The minimum Gasteiger partial charge on any atom is -0.492 e. The Morgan fingerprint density at radius 3 is 2.53 bits per heavy atom. The summed E-state index contributed by atoms with van der Waals surface area (Å²) < 4.78 is 17.1. The number of hydrogen-bond donors (Lipinski definition) is 2. The van der Waals surface area contributed by atoms with E-state index >= 15 is 0 Å². The molecule has 0 spiro atoms. The monoisotopic (exact) mass is 458 g/mol. The number of fused-ring (bicyclic) bond motifs is 1. The van der Waals surface area contributed by atoms with Gasteiger partial charge in [-0.1, -0.05) is 36.4 Å². The van der Waals surface area contributed by atoms with Crippen molar-refractivity contribution in [2.24, 2.45) is 0 Å². The summed E-state index contributed by atoms with van der Waals surface area (Å²) in [5.74, 6) is 0.837. The van der Waals surface area contributed by atoms with Crippen molar-refractivity contribution in [3.05, 3.63) is 90.0 Å². The molecule has 1 aliphatic rings. The largest absolute Gasteiger partial charge is 0.492 e. The molecule has 1 unspecified atom stereocenters. The van der Waals surface area contributed by atoms with Crippen LogP contribution in [0.15, 0.2) is 78.9 Å². The molecule has 1 heterocycles. The number of esters is 1. The van der Waals surface area contributed by atoms with Crippen LogP contribution in [0.25, 0.3) is 6.08 Å². The number of rotatable bonds is 7. The molecular weight excluding hydrogens is 432 g/mol. The summed E-state index contributed by atoms with van der Waals surface area (Å²) in [4.78, 5) is 24.8. The van der Waals surface area contributed by atoms with Gasteiger partial charge in [0.25, 0.3) is 0 Å². The Morgan fingerprint density at radius 2 is 1.74 bits per heavy atom. The van der Waals surface area contributed by atoms with E-state index in [9.17, 15) is 9.59 Å². The van der Waals surface area contributed by atoms with E-state index in [1.807, 2.05) is 50.3 Å². The zero-order chi connectivity index (χ0) is 24.0. The molecule has 1 aliphatic heterocycles. The molecule has 3 aromatic rings. The number of nitrogens with one attached hydrogen (secondary N) is 2. The van der Waals surface area contributed by atoms with Gasteiger partial charge in [0.1, 0.15) is 18.1 Å². The Kier molecular flexibility index (Phi) is 6.82. The second kappa shape index (κ2) is 10.1. The smallest absolute Gasteiger partial charge is 0.338 e. The van der Waals surface area contributed by atoms with E-state index in [4.69, 9.17) is 14.2 Å². The molecule has 0 aromatic heterocycles. The number of ether oxygens (including phenoxy) is 3. The topological polar surface area (TPSA) is 85.9 Å². The van der Waals surface area contributed by atoms with E-state index in [0.717, 1.165) is 5.56 Å². The fourth-order valence-electron chi connectivity index (χ4n) is 3.48. The number of carbonyl (C=O) groups is 2. The molecule has 1 atom stereocenters. The lowest BCUT2D eigenvalue weighted by Gasteiger charge is -2.31. The molecule has 2 N–H and O–H groups in total. The van der Waals surface area contributed by atoms with Crippen molar-refractivity contribution < 1.29 is 23.8 Å². The minimum atomic E-state index is -0.799. The van der Waals surface area contributed by atoms with Crippen molar-refractivity contribution >= 4 is 29.5 Å². The molecule has 7 nitrogen and oxygen atoms in total. The summed E-state index contributed by atoms with van der Waals surface area (Å²) in [6, 6.07) is 21.0. The third kappa shape index (κ3) is 5.56. The average molecular weight is 459 g/mol. The van der Waals surface area contributed by atoms with Gasteiger partial charge in [0, 0.05) is 11.3 Å². The van der Waals surface area contributed by atoms with E-state index in [-0.39, 0.29) is 12.6 Å². The SMILES string of the molecule is CCOc1ccccc1NC(=O)Nc1ccc2c(c1)C=CC(C)(COC(=O)c1ccccc1)O2. The van der Waals surface area contributed by atoms with Gasteiger partial charge in [0.2, 0.25) is 0 Å². The number of hydrogen-bond acceptors (Lipinski definition) is 5. The van der Waals surface area contributed by atoms with Crippen LogP contribution in [0.1, 0.15) is 29.8 Å². The van der Waals surface area contributed by atoms with Crippen molar-refractivity contribution in [3.63, 3.8) is 0 Å². The quantitative estimate of drug-likeness (QED) is 0.440. The molecule has 0 bridgehead atoms. The first-order valence-electron chi connectivity index (χ1n) is 11.0. The van der Waals surface area contributed by atoms with E-state index in [2.05, 4.69) is 10.6 Å². The summed E-state index contributed by atoms with van der Waals surface area (Å²) in [5.41, 5.74) is 1.69. The Labute approximate surface area is 198 Å². The van der Waals surface area contributed by atoms with Crippen LogP contribution >= 0.6 is 0 Å². The summed E-state index contributed by atoms with van der Waals surface area (Å²) in [5, 5.41) is 5.63. The van der Waals surface area contributed by atoms with E-state index < -0.39 is 11.6 Å². The number of urea groups is 1. The van der Waals surface area contributed by atoms with Gasteiger partial charge in [-0.05, 0) is 62.4 Å². The first kappa shape index (κ1) is 22.9. The molecule has 174 valence electrons. The molecule has 0 fully saturated rings. The lowest BCUT2D eigenvalue weighted by Crippen LogP contribution is -2.38. The second-order valence-electron chi connectivity index (χ2n) is 7.95. The van der Waals surface area contributed by atoms with Crippen LogP contribution in [0.3, 0.4) is 0 Å². The highest BCUT2D eigenvalue weighted by Gasteiger charge is 2.29. The molecule has 0 saturated heterocycles. The molecule has 7 heteroatoms. The van der Waals surface area contributed by atoms with Crippen molar-refractivity contribution in [1.82, 2.24) is 0 Å². The molecule has 0 saturated carbocycles. The van der Waals surface area contributed by atoms with Gasteiger partial charge < -0.3 is 24.8 Å². The minimum absolute atomic E-state index is 0.0678. The summed E-state index contributed by atoms with van der Waals surface area (Å²) in [7, 11) is 0. The zero-order valence-corrected chi connectivity index (χ0v) is 19.0. The van der Waals surface area contributed by atoms with Gasteiger partial charge in [-0.15, -0.1) is 0 Å². The number of anilines is 2. The first-order valence-corrected chi connectivity index (χ1v) is 11.0. The van der Waals surface area contributed by atoms with Gasteiger partial charge in [0.05, 0.1) is 17.9 Å². The highest BCUT2D eigenvalue weighted by Crippen LogP contribution is 2.33. The lowest BCUT2D eigenvalue weighted by molar-refractivity contribution is 0.0139. The molecule has 4 rings (SSSR count). The fourth-order valence-corrected chi connectivity index (χ4v) is 3.48. The van der Waals surface area contributed by atoms with Gasteiger partial charge in [-0.3, -0.25) is 0 Å². The Balaban J connectivity index is 1.37. The van der Waals surface area contributed by atoms with Gasteiger partial charge >= 0.3 is 12.0 Å². The summed E-state index contributed by atoms with van der Waals surface area (Å²) in [6.45, 7) is 4.30. The van der Waals surface area contributed by atoms with Gasteiger partial charge in [-0.25, -0.2) is 9.59 Å². The average Bonchev–Trinajstić information content (AvgIpc) is 2.85. The number of para-hydroxylation sites is 2. The van der Waals surface area contributed by atoms with Crippen LogP contribution in [0.5, 0.6) is 11.5 Å². The summed E-state index contributed by atoms with van der Waals surface area (Å²) in [6.07, 6.45) is 3.73. The van der Waals surface area contributed by atoms with Crippen LogP contribution in [0, 0.1) is 0 Å². The van der Waals surface area contributed by atoms with E-state index in [1.54, 1.807) is 48.5 Å². The highest BCUT2D eigenvalue weighted by molar-refractivity contribution is 6.01. The zero-order valence-electron chi connectivity index (χ0n) is 19.0. The van der Waals surface area contributed by atoms with E-state index in [0.29, 0.717) is 35.0 Å². The van der Waals surface area contributed by atoms with Crippen molar-refractivity contribution in [2.75, 3.05) is 23.8 Å². The third-order valence-corrected chi connectivity index (χ3v) is 5.16. The fraction of sp³-hybridized carbons (Fsp3) is 0.185. The predicted molar refractivity (Wildman–Crippen MR) is 131 cm³/mol. The Morgan fingerprint density at radius 1 is 0.971 bits per heavy atom. The Hall–Kier alpha value is -4.26. The molecule has 34 heavy (non-hydrogen) atoms. The van der Waals surface area contributed by atoms with Crippen LogP contribution in [-0.4, -0.2) is 30.8 Å². The Bertz CT molecular complexity index is 1210. The van der Waals surface area contributed by atoms with Crippen molar-refractivity contribution in [1.29, 1.82) is 0 Å². The maximum absolute atomic E-state index is 12.5. The van der Waals surface area contributed by atoms with Gasteiger partial charge in [-0.2, -0.15) is 0 Å². The van der Waals surface area contributed by atoms with Crippen molar-refractivity contribution in [3.8, 4) is 11.5 Å². The van der Waals surface area contributed by atoms with Crippen molar-refractivity contribution in [2.45, 2.75) is 19.4 Å². The number of benzene rings is 3. The molecule has 2 amide bonds. The van der Waals surface area contributed by atoms with Gasteiger partial charge in [0.15, 0.2) is 5.60 Å². The van der Waals surface area contributed by atoms with Crippen LogP contribution in [0.4, 0.5) is 16.2 Å². The third-order valence-electron chi connectivity index (χ3n) is 5.16. The number of carbonyl (C=O) groups excluding carboxylic acids is 2. The maximum atomic E-state index is 12.5. The van der Waals surface area contributed by atoms with Crippen LogP contribution in [0.2, 0.25) is 0 Å². The second-order valence-corrected chi connectivity index (χ2v) is 7.95. The first-order chi connectivity index (χ1) is 16.5. The van der Waals surface area contributed by atoms with E-state index in [1.165, 1.54) is 0 Å². The van der Waals surface area contributed by atoms with Crippen LogP contribution < -0.4 is 20.1 Å². The molecule has 3 aromatic carbocycles. The number of amides is 2. The normalized spacial score (nSPS) is 16.1. The standard InChI is InChI=1S/C27H26N2O5/c1-3-32-24-12-8-7-11-22(24)29-26(31)28-21-13-14-23-20(17-21)15-16-27(2,34-23)18-33-25(30)19-9-5-4-6-10-19/h4-17H,3,18H2,1-2H3,(H2,28,29,31). The maximum Gasteiger partial charge on any atom is 0.338 e. The van der Waals surface area contributed by atoms with Crippen LogP contribution in [-0.2, 0) is 4.74 Å².